The molecule has 8 heteroatoms. The Labute approximate surface area is 208 Å². The first-order valence-electron chi connectivity index (χ1n) is 12.6. The van der Waals surface area contributed by atoms with Crippen molar-refractivity contribution >= 4 is 27.5 Å². The fourth-order valence-electron chi connectivity index (χ4n) is 5.56. The molecule has 1 aromatic carbocycles. The second-order valence-electron chi connectivity index (χ2n) is 10.3. The summed E-state index contributed by atoms with van der Waals surface area (Å²) in [5.74, 6) is 0.916. The topological polar surface area (TPSA) is 64.3 Å². The maximum atomic E-state index is 13.4. The molecule has 1 aliphatic carbocycles. The monoisotopic (exact) mass is 497 g/mol. The van der Waals surface area contributed by atoms with Gasteiger partial charge in [-0.15, -0.1) is 11.3 Å². The summed E-state index contributed by atoms with van der Waals surface area (Å²) in [5.41, 5.74) is 0.856. The van der Waals surface area contributed by atoms with E-state index in [1.807, 2.05) is 10.3 Å². The van der Waals surface area contributed by atoms with Crippen LogP contribution in [0.5, 0.6) is 0 Å². The van der Waals surface area contributed by atoms with Gasteiger partial charge in [0.25, 0.3) is 5.56 Å². The van der Waals surface area contributed by atoms with Crippen molar-refractivity contribution in [3.8, 4) is 0 Å². The van der Waals surface area contributed by atoms with Crippen LogP contribution in [0, 0.1) is 23.6 Å². The lowest BCUT2D eigenvalue weighted by Gasteiger charge is -2.35. The number of halogens is 1. The van der Waals surface area contributed by atoms with Gasteiger partial charge < -0.3 is 4.90 Å². The predicted molar refractivity (Wildman–Crippen MR) is 136 cm³/mol. The van der Waals surface area contributed by atoms with Crippen molar-refractivity contribution < 1.29 is 9.18 Å². The van der Waals surface area contributed by atoms with Gasteiger partial charge >= 0.3 is 5.69 Å². The Morgan fingerprint density at radius 2 is 1.66 bits per heavy atom. The normalized spacial score (nSPS) is 21.5. The van der Waals surface area contributed by atoms with E-state index in [1.54, 1.807) is 22.8 Å². The van der Waals surface area contributed by atoms with Crippen molar-refractivity contribution in [1.29, 1.82) is 0 Å². The summed E-state index contributed by atoms with van der Waals surface area (Å²) in [6.07, 6.45) is 5.48. The molecule has 0 radical (unpaired) electrons. The minimum absolute atomic E-state index is 0.0614. The fourth-order valence-corrected chi connectivity index (χ4v) is 6.40. The Balaban J connectivity index is 1.32. The van der Waals surface area contributed by atoms with E-state index in [0.29, 0.717) is 22.7 Å². The SMILES string of the molecule is CC1CCN(C(=O)C2CCC(Cn3c(=O)c4sccc4n(Cc4ccc(F)cc4)c3=O)CC2)CC1. The molecule has 0 bridgehead atoms. The number of piperidine rings is 1. The average molecular weight is 498 g/mol. The van der Waals surface area contributed by atoms with Crippen LogP contribution in [0.2, 0.25) is 0 Å². The molecule has 3 aromatic rings. The van der Waals surface area contributed by atoms with Gasteiger partial charge in [0.2, 0.25) is 5.91 Å². The van der Waals surface area contributed by atoms with Crippen LogP contribution in [0.4, 0.5) is 4.39 Å². The highest BCUT2D eigenvalue weighted by molar-refractivity contribution is 7.17. The van der Waals surface area contributed by atoms with E-state index in [0.717, 1.165) is 57.2 Å². The highest BCUT2D eigenvalue weighted by Crippen LogP contribution is 2.32. The van der Waals surface area contributed by atoms with E-state index < -0.39 is 0 Å². The van der Waals surface area contributed by atoms with Gasteiger partial charge in [-0.05, 0) is 79.5 Å². The number of nitrogens with zero attached hydrogens (tertiary/aromatic N) is 3. The number of hydrogen-bond donors (Lipinski definition) is 0. The number of rotatable bonds is 5. The standard InChI is InChI=1S/C27H32FN3O3S/c1-18-10-13-29(14-11-18)25(32)21-6-2-19(3-7-21)17-31-26(33)24-23(12-15-35-24)30(27(31)34)16-20-4-8-22(28)9-5-20/h4-5,8-9,12,15,18-19,21H,2-3,6-7,10-11,13-14,16-17H2,1H3. The van der Waals surface area contributed by atoms with Gasteiger partial charge in [0.15, 0.2) is 0 Å². The summed E-state index contributed by atoms with van der Waals surface area (Å²) in [6.45, 7) is 4.63. The van der Waals surface area contributed by atoms with Gasteiger partial charge in [-0.25, -0.2) is 9.18 Å². The van der Waals surface area contributed by atoms with Crippen molar-refractivity contribution in [2.75, 3.05) is 13.1 Å². The van der Waals surface area contributed by atoms with Crippen LogP contribution in [-0.4, -0.2) is 33.0 Å². The second-order valence-corrected chi connectivity index (χ2v) is 11.2. The summed E-state index contributed by atoms with van der Waals surface area (Å²) in [5, 5.41) is 1.83. The van der Waals surface area contributed by atoms with E-state index >= 15 is 0 Å². The maximum absolute atomic E-state index is 13.4. The largest absolute Gasteiger partial charge is 0.342 e. The molecular formula is C27H32FN3O3S. The molecular weight excluding hydrogens is 465 g/mol. The molecule has 5 rings (SSSR count). The molecule has 1 aliphatic heterocycles. The van der Waals surface area contributed by atoms with Gasteiger partial charge in [0.1, 0.15) is 10.5 Å². The lowest BCUT2D eigenvalue weighted by Crippen LogP contribution is -2.43. The molecule has 0 atom stereocenters. The number of likely N-dealkylation sites (tertiary alicyclic amines) is 1. The maximum Gasteiger partial charge on any atom is 0.331 e. The molecule has 6 nitrogen and oxygen atoms in total. The van der Waals surface area contributed by atoms with Gasteiger partial charge in [-0.3, -0.25) is 18.7 Å². The third-order valence-corrected chi connectivity index (χ3v) is 8.71. The van der Waals surface area contributed by atoms with E-state index in [4.69, 9.17) is 0 Å². The predicted octanol–water partition coefficient (Wildman–Crippen LogP) is 4.48. The van der Waals surface area contributed by atoms with Crippen molar-refractivity contribution in [2.24, 2.45) is 17.8 Å². The molecule has 1 amide bonds. The van der Waals surface area contributed by atoms with Gasteiger partial charge in [0.05, 0.1) is 12.1 Å². The van der Waals surface area contributed by atoms with Crippen molar-refractivity contribution in [2.45, 2.75) is 58.5 Å². The first-order chi connectivity index (χ1) is 16.9. The molecule has 3 heterocycles. The third kappa shape index (κ3) is 4.99. The van der Waals surface area contributed by atoms with Crippen LogP contribution in [0.15, 0.2) is 45.3 Å². The van der Waals surface area contributed by atoms with Crippen LogP contribution >= 0.6 is 11.3 Å². The van der Waals surface area contributed by atoms with Crippen LogP contribution < -0.4 is 11.2 Å². The van der Waals surface area contributed by atoms with Crippen molar-refractivity contribution in [3.63, 3.8) is 0 Å². The highest BCUT2D eigenvalue weighted by atomic mass is 32.1. The van der Waals surface area contributed by atoms with Crippen LogP contribution in [-0.2, 0) is 17.9 Å². The Morgan fingerprint density at radius 3 is 2.34 bits per heavy atom. The van der Waals surface area contributed by atoms with Crippen LogP contribution in [0.25, 0.3) is 10.2 Å². The first-order valence-corrected chi connectivity index (χ1v) is 13.5. The molecule has 0 N–H and O–H groups in total. The third-order valence-electron chi connectivity index (χ3n) is 7.82. The summed E-state index contributed by atoms with van der Waals surface area (Å²) < 4.78 is 16.9. The van der Waals surface area contributed by atoms with Gasteiger partial charge in [0, 0.05) is 25.6 Å². The van der Waals surface area contributed by atoms with E-state index in [2.05, 4.69) is 6.92 Å². The summed E-state index contributed by atoms with van der Waals surface area (Å²) in [6, 6.07) is 7.89. The smallest absolute Gasteiger partial charge is 0.331 e. The molecule has 0 unspecified atom stereocenters. The molecule has 2 fully saturated rings. The Bertz CT molecular complexity index is 1310. The lowest BCUT2D eigenvalue weighted by atomic mass is 9.81. The average Bonchev–Trinajstić information content (AvgIpc) is 3.36. The van der Waals surface area contributed by atoms with Crippen LogP contribution in [0.3, 0.4) is 0 Å². The molecule has 186 valence electrons. The van der Waals surface area contributed by atoms with Crippen molar-refractivity contribution in [3.05, 3.63) is 67.9 Å². The summed E-state index contributed by atoms with van der Waals surface area (Å²) in [7, 11) is 0. The molecule has 2 aliphatic rings. The quantitative estimate of drug-likeness (QED) is 0.522. The Morgan fingerprint density at radius 1 is 0.971 bits per heavy atom. The molecule has 0 spiro atoms. The summed E-state index contributed by atoms with van der Waals surface area (Å²) in [4.78, 5) is 41.7. The van der Waals surface area contributed by atoms with Gasteiger partial charge in [-0.2, -0.15) is 0 Å². The van der Waals surface area contributed by atoms with E-state index in [9.17, 15) is 18.8 Å². The zero-order chi connectivity index (χ0) is 24.5. The molecule has 35 heavy (non-hydrogen) atoms. The number of amides is 1. The number of carbonyl (C=O) groups excluding carboxylic acids is 1. The first kappa shape index (κ1) is 24.0. The minimum Gasteiger partial charge on any atom is -0.342 e. The van der Waals surface area contributed by atoms with Crippen LogP contribution in [0.1, 0.15) is 51.0 Å². The van der Waals surface area contributed by atoms with Gasteiger partial charge in [-0.1, -0.05) is 19.1 Å². The number of hydrogen-bond acceptors (Lipinski definition) is 4. The minimum atomic E-state index is -0.328. The Kier molecular flexibility index (Phi) is 6.91. The number of thiophene rings is 1. The zero-order valence-electron chi connectivity index (χ0n) is 20.1. The van der Waals surface area contributed by atoms with Crippen molar-refractivity contribution in [1.82, 2.24) is 14.0 Å². The van der Waals surface area contributed by atoms with E-state index in [-0.39, 0.29) is 41.4 Å². The van der Waals surface area contributed by atoms with E-state index in [1.165, 1.54) is 28.0 Å². The number of fused-ring (bicyclic) bond motifs is 1. The fraction of sp³-hybridized carbons (Fsp3) is 0.519. The number of aromatic nitrogens is 2. The second kappa shape index (κ2) is 10.1. The zero-order valence-corrected chi connectivity index (χ0v) is 20.9. The molecule has 1 saturated carbocycles. The number of carbonyl (C=O) groups is 1. The molecule has 2 aromatic heterocycles. The number of benzene rings is 1. The Hall–Kier alpha value is -2.74. The molecule has 1 saturated heterocycles. The lowest BCUT2D eigenvalue weighted by molar-refractivity contribution is -0.138. The summed E-state index contributed by atoms with van der Waals surface area (Å²) >= 11 is 1.34. The highest BCUT2D eigenvalue weighted by Gasteiger charge is 2.31.